The van der Waals surface area contributed by atoms with Crippen molar-refractivity contribution in [1.29, 1.82) is 0 Å². The molecule has 1 aromatic carbocycles. The standard InChI is InChI=1S/C19H27F3N3O5P/c1-4-7-8-9-23-14-11-16-15(10-13(14)19(20,21)22)24-17(26)18(27)25(16)12-31(28,29-5-2)30-6-3/h10-11,23H,4-9,12H2,1-3H3,(H,24,26). The summed E-state index contributed by atoms with van der Waals surface area (Å²) >= 11 is 0. The quantitative estimate of drug-likeness (QED) is 0.287. The maximum Gasteiger partial charge on any atom is 0.418 e. The van der Waals surface area contributed by atoms with Crippen LogP contribution in [-0.2, 0) is 26.1 Å². The summed E-state index contributed by atoms with van der Waals surface area (Å²) in [7, 11) is -3.81. The van der Waals surface area contributed by atoms with E-state index in [-0.39, 0.29) is 29.9 Å². The highest BCUT2D eigenvalue weighted by molar-refractivity contribution is 7.52. The predicted molar refractivity (Wildman–Crippen MR) is 113 cm³/mol. The van der Waals surface area contributed by atoms with Crippen molar-refractivity contribution in [3.63, 3.8) is 0 Å². The van der Waals surface area contributed by atoms with Gasteiger partial charge < -0.3 is 19.3 Å². The summed E-state index contributed by atoms with van der Waals surface area (Å²) < 4.78 is 65.0. The van der Waals surface area contributed by atoms with Crippen LogP contribution in [0.4, 0.5) is 18.9 Å². The van der Waals surface area contributed by atoms with Crippen LogP contribution >= 0.6 is 7.60 Å². The van der Waals surface area contributed by atoms with Gasteiger partial charge in [-0.05, 0) is 32.4 Å². The molecule has 0 spiro atoms. The first-order chi connectivity index (χ1) is 14.6. The summed E-state index contributed by atoms with van der Waals surface area (Å²) in [6.45, 7) is 5.48. The van der Waals surface area contributed by atoms with E-state index in [1.54, 1.807) is 13.8 Å². The second kappa shape index (κ2) is 10.5. The third kappa shape index (κ3) is 6.21. The number of fused-ring (bicyclic) bond motifs is 1. The van der Waals surface area contributed by atoms with Crippen molar-refractivity contribution >= 4 is 24.3 Å². The number of benzene rings is 1. The van der Waals surface area contributed by atoms with Gasteiger partial charge in [-0.2, -0.15) is 13.2 Å². The van der Waals surface area contributed by atoms with Gasteiger partial charge in [0.15, 0.2) is 0 Å². The molecule has 0 atom stereocenters. The minimum atomic E-state index is -4.69. The van der Waals surface area contributed by atoms with Gasteiger partial charge in [0, 0.05) is 12.2 Å². The summed E-state index contributed by atoms with van der Waals surface area (Å²) in [5.74, 6) is 0. The Morgan fingerprint density at radius 2 is 1.74 bits per heavy atom. The molecule has 12 heteroatoms. The van der Waals surface area contributed by atoms with Crippen LogP contribution < -0.4 is 16.4 Å². The Morgan fingerprint density at radius 1 is 1.10 bits per heavy atom. The van der Waals surface area contributed by atoms with Crippen LogP contribution in [0.15, 0.2) is 21.7 Å². The van der Waals surface area contributed by atoms with Crippen molar-refractivity contribution in [3.8, 4) is 0 Å². The van der Waals surface area contributed by atoms with E-state index in [0.29, 0.717) is 13.0 Å². The topological polar surface area (TPSA) is 102 Å². The molecule has 0 aliphatic heterocycles. The highest BCUT2D eigenvalue weighted by Crippen LogP contribution is 2.49. The summed E-state index contributed by atoms with van der Waals surface area (Å²) in [6, 6.07) is 1.89. The van der Waals surface area contributed by atoms with E-state index in [1.165, 1.54) is 0 Å². The van der Waals surface area contributed by atoms with Gasteiger partial charge in [-0.3, -0.25) is 18.7 Å². The van der Waals surface area contributed by atoms with Crippen LogP contribution in [0.2, 0.25) is 0 Å². The van der Waals surface area contributed by atoms with Gasteiger partial charge in [0.25, 0.3) is 0 Å². The number of alkyl halides is 3. The minimum Gasteiger partial charge on any atom is -0.384 e. The number of aromatic nitrogens is 2. The number of hydrogen-bond acceptors (Lipinski definition) is 6. The smallest absolute Gasteiger partial charge is 0.384 e. The van der Waals surface area contributed by atoms with Crippen LogP contribution in [0.25, 0.3) is 11.0 Å². The molecule has 31 heavy (non-hydrogen) atoms. The lowest BCUT2D eigenvalue weighted by Crippen LogP contribution is -2.36. The zero-order chi connectivity index (χ0) is 23.2. The van der Waals surface area contributed by atoms with E-state index in [4.69, 9.17) is 9.05 Å². The van der Waals surface area contributed by atoms with Gasteiger partial charge >= 0.3 is 24.9 Å². The Kier molecular flexibility index (Phi) is 8.50. The van der Waals surface area contributed by atoms with E-state index >= 15 is 0 Å². The summed E-state index contributed by atoms with van der Waals surface area (Å²) in [5.41, 5.74) is -3.65. The van der Waals surface area contributed by atoms with Crippen LogP contribution in [0.1, 0.15) is 45.6 Å². The molecule has 0 saturated heterocycles. The third-order valence-electron chi connectivity index (χ3n) is 4.48. The molecule has 0 bridgehead atoms. The lowest BCUT2D eigenvalue weighted by molar-refractivity contribution is -0.136. The third-order valence-corrected chi connectivity index (χ3v) is 6.41. The minimum absolute atomic E-state index is 0.0183. The molecular weight excluding hydrogens is 438 g/mol. The number of nitrogens with one attached hydrogen (secondary N) is 2. The second-order valence-electron chi connectivity index (χ2n) is 6.82. The first kappa shape index (κ1) is 25.2. The Hall–Kier alpha value is -2.10. The molecule has 0 unspecified atom stereocenters. The first-order valence-corrected chi connectivity index (χ1v) is 11.8. The Labute approximate surface area is 177 Å². The van der Waals surface area contributed by atoms with Crippen molar-refractivity contribution in [2.45, 2.75) is 52.5 Å². The fourth-order valence-electron chi connectivity index (χ4n) is 3.12. The van der Waals surface area contributed by atoms with Gasteiger partial charge in [-0.15, -0.1) is 0 Å². The molecule has 1 heterocycles. The number of H-pyrrole nitrogens is 1. The fourth-order valence-corrected chi connectivity index (χ4v) is 4.78. The summed E-state index contributed by atoms with van der Waals surface area (Å²) in [4.78, 5) is 26.8. The highest BCUT2D eigenvalue weighted by Gasteiger charge is 2.35. The van der Waals surface area contributed by atoms with E-state index in [0.717, 1.165) is 29.5 Å². The maximum absolute atomic E-state index is 13.6. The lowest BCUT2D eigenvalue weighted by atomic mass is 10.1. The number of rotatable bonds is 11. The first-order valence-electron chi connectivity index (χ1n) is 10.1. The molecule has 2 N–H and O–H groups in total. The molecule has 2 rings (SSSR count). The predicted octanol–water partition coefficient (Wildman–Crippen LogP) is 4.53. The van der Waals surface area contributed by atoms with Crippen LogP contribution in [0, 0.1) is 0 Å². The van der Waals surface area contributed by atoms with Crippen molar-refractivity contribution in [2.24, 2.45) is 0 Å². The Morgan fingerprint density at radius 3 is 2.29 bits per heavy atom. The van der Waals surface area contributed by atoms with Crippen molar-refractivity contribution in [1.82, 2.24) is 9.55 Å². The number of aromatic amines is 1. The molecule has 0 amide bonds. The SMILES string of the molecule is CCCCCNc1cc2c(cc1C(F)(F)F)[nH]c(=O)c(=O)n2CP(=O)(OCC)OCC. The van der Waals surface area contributed by atoms with Crippen LogP contribution in [0.3, 0.4) is 0 Å². The summed E-state index contributed by atoms with van der Waals surface area (Å²) in [5, 5.41) is 2.76. The Balaban J connectivity index is 2.68. The molecule has 0 aliphatic carbocycles. The number of anilines is 1. The van der Waals surface area contributed by atoms with Gasteiger partial charge in [0.2, 0.25) is 0 Å². The van der Waals surface area contributed by atoms with Crippen molar-refractivity contribution in [2.75, 3.05) is 25.1 Å². The van der Waals surface area contributed by atoms with Gasteiger partial charge in [0.1, 0.15) is 6.29 Å². The van der Waals surface area contributed by atoms with Crippen LogP contribution in [0.5, 0.6) is 0 Å². The largest absolute Gasteiger partial charge is 0.418 e. The van der Waals surface area contributed by atoms with Gasteiger partial charge in [-0.25, -0.2) is 0 Å². The fraction of sp³-hybridized carbons (Fsp3) is 0.579. The van der Waals surface area contributed by atoms with Crippen molar-refractivity contribution < 1.29 is 26.8 Å². The molecule has 1 aromatic heterocycles. The molecule has 174 valence electrons. The average molecular weight is 465 g/mol. The molecule has 2 aromatic rings. The molecule has 0 fully saturated rings. The molecule has 0 aliphatic rings. The molecule has 8 nitrogen and oxygen atoms in total. The number of halogens is 3. The highest BCUT2D eigenvalue weighted by atomic mass is 31.2. The summed E-state index contributed by atoms with van der Waals surface area (Å²) in [6.07, 6.45) is -2.89. The van der Waals surface area contributed by atoms with E-state index < -0.39 is 36.7 Å². The zero-order valence-corrected chi connectivity index (χ0v) is 18.6. The average Bonchev–Trinajstić information content (AvgIpc) is 2.68. The maximum atomic E-state index is 13.6. The van der Waals surface area contributed by atoms with E-state index in [2.05, 4.69) is 10.3 Å². The van der Waals surface area contributed by atoms with E-state index in [9.17, 15) is 27.3 Å². The van der Waals surface area contributed by atoms with E-state index in [1.807, 2.05) is 6.92 Å². The monoisotopic (exact) mass is 465 g/mol. The van der Waals surface area contributed by atoms with Crippen molar-refractivity contribution in [3.05, 3.63) is 38.4 Å². The van der Waals surface area contributed by atoms with Gasteiger partial charge in [-0.1, -0.05) is 19.8 Å². The second-order valence-corrected chi connectivity index (χ2v) is 8.84. The normalized spacial score (nSPS) is 12.5. The van der Waals surface area contributed by atoms with Crippen LogP contribution in [-0.4, -0.2) is 29.3 Å². The lowest BCUT2D eigenvalue weighted by Gasteiger charge is -2.21. The zero-order valence-electron chi connectivity index (χ0n) is 17.7. The number of hydrogen-bond donors (Lipinski definition) is 2. The molecule has 0 radical (unpaired) electrons. The molecule has 0 saturated carbocycles. The van der Waals surface area contributed by atoms with Gasteiger partial charge in [0.05, 0.1) is 29.8 Å². The molecular formula is C19H27F3N3O5P. The Bertz CT molecular complexity index is 1050. The number of nitrogens with zero attached hydrogens (tertiary/aromatic N) is 1. The number of unbranched alkanes of at least 4 members (excludes halogenated alkanes) is 2.